The van der Waals surface area contributed by atoms with E-state index in [1.807, 2.05) is 37.3 Å². The molecule has 0 amide bonds. The summed E-state index contributed by atoms with van der Waals surface area (Å²) in [6.07, 6.45) is 3.20. The number of aryl methyl sites for hydroxylation is 2. The quantitative estimate of drug-likeness (QED) is 0.345. The van der Waals surface area contributed by atoms with Crippen LogP contribution in [0.15, 0.2) is 66.9 Å². The van der Waals surface area contributed by atoms with E-state index in [4.69, 9.17) is 4.74 Å². The molecule has 0 bridgehead atoms. The molecule has 0 aliphatic heterocycles. The zero-order valence-electron chi connectivity index (χ0n) is 16.1. The lowest BCUT2D eigenvalue weighted by Gasteiger charge is -2.06. The number of nitrogens with one attached hydrogen (secondary N) is 1. The molecule has 2 heterocycles. The number of pyridine rings is 1. The summed E-state index contributed by atoms with van der Waals surface area (Å²) in [4.78, 5) is 20.0. The third kappa shape index (κ3) is 4.35. The lowest BCUT2D eigenvalue weighted by molar-refractivity contribution is -0.134. The van der Waals surface area contributed by atoms with Crippen LogP contribution in [0, 0.1) is 12.7 Å². The molecule has 1 N–H and O–H groups in total. The molecule has 0 fully saturated rings. The van der Waals surface area contributed by atoms with Crippen LogP contribution in [0.1, 0.15) is 24.0 Å². The summed E-state index contributed by atoms with van der Waals surface area (Å²) in [6.45, 7) is 1.98. The molecule has 0 radical (unpaired) electrons. The maximum absolute atomic E-state index is 13.8. The Morgan fingerprint density at radius 1 is 1.10 bits per heavy atom. The second kappa shape index (κ2) is 8.27. The average molecular weight is 388 g/mol. The standard InChI is InChI=1S/C24H21FN2O2/c1-16-8-11-18(12-9-16)29-23(28)7-4-5-19-20-15-17(25)10-13-21(20)27-24(19)22-6-2-3-14-26-22/h2-3,6,8-15,27H,4-5,7H2,1H3. The molecule has 0 atom stereocenters. The lowest BCUT2D eigenvalue weighted by Crippen LogP contribution is -2.08. The molecule has 4 aromatic rings. The van der Waals surface area contributed by atoms with Crippen molar-refractivity contribution in [1.29, 1.82) is 0 Å². The van der Waals surface area contributed by atoms with Crippen molar-refractivity contribution in [3.8, 4) is 17.1 Å². The second-order valence-electron chi connectivity index (χ2n) is 7.02. The van der Waals surface area contributed by atoms with Gasteiger partial charge in [-0.05, 0) is 67.8 Å². The SMILES string of the molecule is Cc1ccc(OC(=O)CCCc2c(-c3ccccn3)[nH]c3ccc(F)cc23)cc1. The van der Waals surface area contributed by atoms with Crippen molar-refractivity contribution >= 4 is 16.9 Å². The van der Waals surface area contributed by atoms with Gasteiger partial charge < -0.3 is 9.72 Å². The number of hydrogen-bond acceptors (Lipinski definition) is 3. The maximum atomic E-state index is 13.8. The lowest BCUT2D eigenvalue weighted by atomic mass is 10.0. The van der Waals surface area contributed by atoms with Crippen LogP contribution >= 0.6 is 0 Å². The van der Waals surface area contributed by atoms with Crippen molar-refractivity contribution in [2.75, 3.05) is 0 Å². The number of carbonyl (C=O) groups is 1. The number of H-pyrrole nitrogens is 1. The molecule has 4 rings (SSSR count). The second-order valence-corrected chi connectivity index (χ2v) is 7.02. The van der Waals surface area contributed by atoms with Gasteiger partial charge in [0.15, 0.2) is 0 Å². The van der Waals surface area contributed by atoms with Crippen molar-refractivity contribution in [3.05, 3.63) is 83.8 Å². The van der Waals surface area contributed by atoms with Crippen LogP contribution in [0.4, 0.5) is 4.39 Å². The molecular formula is C24H21FN2O2. The molecule has 0 saturated carbocycles. The van der Waals surface area contributed by atoms with Gasteiger partial charge >= 0.3 is 5.97 Å². The van der Waals surface area contributed by atoms with Crippen LogP contribution in [-0.4, -0.2) is 15.9 Å². The molecule has 5 heteroatoms. The number of rotatable bonds is 6. The summed E-state index contributed by atoms with van der Waals surface area (Å²) in [6, 6.07) is 17.8. The zero-order valence-corrected chi connectivity index (χ0v) is 16.1. The maximum Gasteiger partial charge on any atom is 0.311 e. The van der Waals surface area contributed by atoms with Crippen molar-refractivity contribution in [3.63, 3.8) is 0 Å². The van der Waals surface area contributed by atoms with E-state index in [-0.39, 0.29) is 18.2 Å². The molecule has 2 aromatic carbocycles. The number of hydrogen-bond donors (Lipinski definition) is 1. The number of ether oxygens (including phenoxy) is 1. The number of carbonyl (C=O) groups excluding carboxylic acids is 1. The van der Waals surface area contributed by atoms with E-state index >= 15 is 0 Å². The molecule has 0 aliphatic carbocycles. The van der Waals surface area contributed by atoms with Crippen LogP contribution in [-0.2, 0) is 11.2 Å². The Kier molecular flexibility index (Phi) is 5.38. The predicted octanol–water partition coefficient (Wildman–Crippen LogP) is 5.61. The molecule has 4 nitrogen and oxygen atoms in total. The molecule has 0 aliphatic rings. The Hall–Kier alpha value is -3.47. The molecule has 29 heavy (non-hydrogen) atoms. The van der Waals surface area contributed by atoms with Crippen LogP contribution < -0.4 is 4.74 Å². The van der Waals surface area contributed by atoms with Crippen LogP contribution in [0.2, 0.25) is 0 Å². The highest BCUT2D eigenvalue weighted by Gasteiger charge is 2.15. The highest BCUT2D eigenvalue weighted by Crippen LogP contribution is 2.31. The molecular weight excluding hydrogens is 367 g/mol. The minimum atomic E-state index is -0.288. The van der Waals surface area contributed by atoms with Gasteiger partial charge in [0.1, 0.15) is 11.6 Å². The molecule has 2 aromatic heterocycles. The number of aromatic amines is 1. The Balaban J connectivity index is 1.51. The number of fused-ring (bicyclic) bond motifs is 1. The number of halogens is 1. The third-order valence-electron chi connectivity index (χ3n) is 4.85. The van der Waals surface area contributed by atoms with E-state index in [9.17, 15) is 9.18 Å². The van der Waals surface area contributed by atoms with Crippen LogP contribution in [0.5, 0.6) is 5.75 Å². The first-order valence-electron chi connectivity index (χ1n) is 9.59. The fourth-order valence-electron chi connectivity index (χ4n) is 3.41. The summed E-state index contributed by atoms with van der Waals surface area (Å²) in [5, 5.41) is 0.817. The first-order valence-corrected chi connectivity index (χ1v) is 9.59. The van der Waals surface area contributed by atoms with Crippen molar-refractivity contribution < 1.29 is 13.9 Å². The fourth-order valence-corrected chi connectivity index (χ4v) is 3.41. The van der Waals surface area contributed by atoms with E-state index in [0.717, 1.165) is 33.4 Å². The minimum absolute atomic E-state index is 0.275. The first-order chi connectivity index (χ1) is 14.1. The van der Waals surface area contributed by atoms with E-state index < -0.39 is 0 Å². The molecule has 0 spiro atoms. The van der Waals surface area contributed by atoms with Gasteiger partial charge in [-0.25, -0.2) is 4.39 Å². The normalized spacial score (nSPS) is 11.0. The van der Waals surface area contributed by atoms with E-state index in [1.54, 1.807) is 24.4 Å². The topological polar surface area (TPSA) is 55.0 Å². The third-order valence-corrected chi connectivity index (χ3v) is 4.85. The monoisotopic (exact) mass is 388 g/mol. The summed E-state index contributed by atoms with van der Waals surface area (Å²) >= 11 is 0. The summed E-state index contributed by atoms with van der Waals surface area (Å²) in [5.41, 5.74) is 4.57. The highest BCUT2D eigenvalue weighted by atomic mass is 19.1. The van der Waals surface area contributed by atoms with Crippen LogP contribution in [0.25, 0.3) is 22.3 Å². The number of esters is 1. The van der Waals surface area contributed by atoms with Crippen LogP contribution in [0.3, 0.4) is 0 Å². The smallest absolute Gasteiger partial charge is 0.311 e. The Labute approximate surface area is 168 Å². The first kappa shape index (κ1) is 18.9. The minimum Gasteiger partial charge on any atom is -0.427 e. The van der Waals surface area contributed by atoms with Crippen molar-refractivity contribution in [2.45, 2.75) is 26.2 Å². The van der Waals surface area contributed by atoms with Gasteiger partial charge in [0, 0.05) is 23.5 Å². The number of benzene rings is 2. The summed E-state index contributed by atoms with van der Waals surface area (Å²) < 4.78 is 19.2. The van der Waals surface area contributed by atoms with Gasteiger partial charge in [-0.1, -0.05) is 23.8 Å². The van der Waals surface area contributed by atoms with Gasteiger partial charge in [0.25, 0.3) is 0 Å². The Morgan fingerprint density at radius 3 is 2.69 bits per heavy atom. The van der Waals surface area contributed by atoms with Crippen molar-refractivity contribution in [2.24, 2.45) is 0 Å². The number of nitrogens with zero attached hydrogens (tertiary/aromatic N) is 1. The van der Waals surface area contributed by atoms with E-state index in [1.165, 1.54) is 12.1 Å². The van der Waals surface area contributed by atoms with Gasteiger partial charge in [-0.15, -0.1) is 0 Å². The van der Waals surface area contributed by atoms with Gasteiger partial charge in [0.2, 0.25) is 0 Å². The molecule has 146 valence electrons. The largest absolute Gasteiger partial charge is 0.427 e. The molecule has 0 unspecified atom stereocenters. The highest BCUT2D eigenvalue weighted by molar-refractivity contribution is 5.90. The van der Waals surface area contributed by atoms with Crippen molar-refractivity contribution in [1.82, 2.24) is 9.97 Å². The number of aromatic nitrogens is 2. The Morgan fingerprint density at radius 2 is 1.93 bits per heavy atom. The van der Waals surface area contributed by atoms with Gasteiger partial charge in [-0.2, -0.15) is 0 Å². The summed E-state index contributed by atoms with van der Waals surface area (Å²) in [7, 11) is 0. The van der Waals surface area contributed by atoms with Gasteiger partial charge in [-0.3, -0.25) is 9.78 Å². The summed E-state index contributed by atoms with van der Waals surface area (Å²) in [5.74, 6) is -0.0210. The molecule has 0 saturated heterocycles. The van der Waals surface area contributed by atoms with Gasteiger partial charge in [0.05, 0.1) is 11.4 Å². The Bertz CT molecular complexity index is 1130. The average Bonchev–Trinajstić information content (AvgIpc) is 3.08. The predicted molar refractivity (Wildman–Crippen MR) is 111 cm³/mol. The van der Waals surface area contributed by atoms with E-state index in [0.29, 0.717) is 18.6 Å². The van der Waals surface area contributed by atoms with E-state index in [2.05, 4.69) is 9.97 Å². The zero-order chi connectivity index (χ0) is 20.2. The fraction of sp³-hybridized carbons (Fsp3) is 0.167.